The maximum absolute atomic E-state index is 12.0. The first-order valence-corrected chi connectivity index (χ1v) is 8.18. The maximum atomic E-state index is 12.0. The van der Waals surface area contributed by atoms with Gasteiger partial charge in [0.1, 0.15) is 0 Å². The minimum absolute atomic E-state index is 0.0671. The van der Waals surface area contributed by atoms with Crippen LogP contribution < -0.4 is 0 Å². The van der Waals surface area contributed by atoms with Gasteiger partial charge in [-0.1, -0.05) is 41.9 Å². The van der Waals surface area contributed by atoms with E-state index in [-0.39, 0.29) is 16.8 Å². The highest BCUT2D eigenvalue weighted by Crippen LogP contribution is 2.63. The molecule has 2 saturated carbocycles. The van der Waals surface area contributed by atoms with Gasteiger partial charge in [0.15, 0.2) is 0 Å². The second-order valence-corrected chi connectivity index (χ2v) is 7.83. The largest absolute Gasteiger partial charge is 0.365 e. The molecule has 3 nitrogen and oxygen atoms in total. The van der Waals surface area contributed by atoms with E-state index in [1.54, 1.807) is 12.1 Å². The lowest BCUT2D eigenvalue weighted by Crippen LogP contribution is -2.32. The van der Waals surface area contributed by atoms with Crippen molar-refractivity contribution >= 4 is 27.6 Å². The number of benzene rings is 1. The Morgan fingerprint density at radius 2 is 1.95 bits per heavy atom. The number of hydrogen-bond acceptors (Lipinski definition) is 3. The summed E-state index contributed by atoms with van der Waals surface area (Å²) < 4.78 is 0.938. The summed E-state index contributed by atoms with van der Waals surface area (Å²) in [5.41, 5.74) is 1.89. The molecule has 2 fully saturated rings. The Morgan fingerprint density at radius 3 is 2.48 bits per heavy atom. The van der Waals surface area contributed by atoms with Crippen LogP contribution in [0.3, 0.4) is 0 Å². The molecule has 1 aromatic carbocycles. The Bertz CT molecular complexity index is 606. The number of fused-ring (bicyclic) bond motifs is 2. The molecule has 0 spiro atoms. The first-order chi connectivity index (χ1) is 9.84. The van der Waals surface area contributed by atoms with Crippen molar-refractivity contribution < 1.29 is 9.63 Å². The number of halogens is 1. The summed E-state index contributed by atoms with van der Waals surface area (Å²) in [6.07, 6.45) is 3.35. The molecule has 0 amide bonds. The normalized spacial score (nSPS) is 31.6. The van der Waals surface area contributed by atoms with Gasteiger partial charge in [0.05, 0.1) is 11.3 Å². The van der Waals surface area contributed by atoms with Crippen LogP contribution in [0.25, 0.3) is 0 Å². The Morgan fingerprint density at radius 1 is 1.29 bits per heavy atom. The highest BCUT2D eigenvalue weighted by molar-refractivity contribution is 9.10. The zero-order valence-electron chi connectivity index (χ0n) is 12.6. The van der Waals surface area contributed by atoms with Crippen LogP contribution in [-0.4, -0.2) is 11.7 Å². The fraction of sp³-hybridized carbons (Fsp3) is 0.529. The van der Waals surface area contributed by atoms with Crippen LogP contribution in [0.1, 0.15) is 50.4 Å². The summed E-state index contributed by atoms with van der Waals surface area (Å²) >= 11 is 3.35. The van der Waals surface area contributed by atoms with E-state index in [4.69, 9.17) is 4.84 Å². The molecule has 2 atom stereocenters. The summed E-state index contributed by atoms with van der Waals surface area (Å²) in [6.45, 7) is 6.87. The van der Waals surface area contributed by atoms with E-state index in [0.717, 1.165) is 23.0 Å². The lowest BCUT2D eigenvalue weighted by molar-refractivity contribution is 0.0508. The molecule has 0 heterocycles. The average Bonchev–Trinajstić information content (AvgIpc) is 2.78. The monoisotopic (exact) mass is 349 g/mol. The summed E-state index contributed by atoms with van der Waals surface area (Å²) in [6, 6.07) is 7.12. The van der Waals surface area contributed by atoms with Gasteiger partial charge in [0, 0.05) is 9.89 Å². The van der Waals surface area contributed by atoms with Gasteiger partial charge in [-0.2, -0.15) is 0 Å². The molecule has 2 unspecified atom stereocenters. The van der Waals surface area contributed by atoms with Crippen LogP contribution in [0.5, 0.6) is 0 Å². The van der Waals surface area contributed by atoms with E-state index < -0.39 is 0 Å². The van der Waals surface area contributed by atoms with Crippen molar-refractivity contribution in [2.45, 2.75) is 40.0 Å². The zero-order valence-corrected chi connectivity index (χ0v) is 14.2. The van der Waals surface area contributed by atoms with Crippen molar-refractivity contribution in [2.24, 2.45) is 21.9 Å². The fourth-order valence-corrected chi connectivity index (χ4v) is 4.07. The highest BCUT2D eigenvalue weighted by Gasteiger charge is 2.60. The molecule has 112 valence electrons. The molecule has 2 aliphatic carbocycles. The molecule has 2 bridgehead atoms. The number of carbonyl (C=O) groups excluding carboxylic acids is 1. The molecule has 0 radical (unpaired) electrons. The molecule has 2 aliphatic rings. The minimum atomic E-state index is -0.390. The Hall–Kier alpha value is -1.16. The molecule has 4 heteroatoms. The second kappa shape index (κ2) is 4.94. The van der Waals surface area contributed by atoms with Crippen molar-refractivity contribution in [3.05, 3.63) is 34.3 Å². The van der Waals surface area contributed by atoms with Gasteiger partial charge in [0.25, 0.3) is 0 Å². The van der Waals surface area contributed by atoms with Crippen LogP contribution in [0.15, 0.2) is 33.9 Å². The lowest BCUT2D eigenvalue weighted by Gasteiger charge is -2.34. The number of rotatable bonds is 2. The molecule has 21 heavy (non-hydrogen) atoms. The predicted molar refractivity (Wildman–Crippen MR) is 86.2 cm³/mol. The minimum Gasteiger partial charge on any atom is -0.313 e. The van der Waals surface area contributed by atoms with E-state index in [9.17, 15) is 4.79 Å². The number of hydrogen-bond donors (Lipinski definition) is 0. The number of carbonyl (C=O) groups is 1. The topological polar surface area (TPSA) is 38.7 Å². The van der Waals surface area contributed by atoms with Crippen molar-refractivity contribution in [3.8, 4) is 0 Å². The van der Waals surface area contributed by atoms with E-state index in [0.29, 0.717) is 11.5 Å². The molecule has 0 aromatic heterocycles. The predicted octanol–water partition coefficient (Wildman–Crippen LogP) is 4.81. The summed E-state index contributed by atoms with van der Waals surface area (Å²) in [5.74, 6) is 0.270. The van der Waals surface area contributed by atoms with Gasteiger partial charge in [-0.05, 0) is 54.9 Å². The van der Waals surface area contributed by atoms with E-state index in [1.165, 1.54) is 6.42 Å². The number of oxime groups is 1. The van der Waals surface area contributed by atoms with Crippen LogP contribution in [0.4, 0.5) is 0 Å². The van der Waals surface area contributed by atoms with Gasteiger partial charge in [-0.15, -0.1) is 0 Å². The van der Waals surface area contributed by atoms with Gasteiger partial charge in [0.2, 0.25) is 0 Å². The van der Waals surface area contributed by atoms with Crippen LogP contribution in [-0.2, 0) is 4.84 Å². The van der Waals surface area contributed by atoms with Crippen LogP contribution >= 0.6 is 15.9 Å². The molecule has 0 N–H and O–H groups in total. The summed E-state index contributed by atoms with van der Waals surface area (Å²) in [4.78, 5) is 17.2. The zero-order chi connectivity index (χ0) is 15.3. The maximum Gasteiger partial charge on any atom is 0.365 e. The van der Waals surface area contributed by atoms with Gasteiger partial charge in [-0.25, -0.2) is 4.79 Å². The van der Waals surface area contributed by atoms with Crippen molar-refractivity contribution in [2.75, 3.05) is 0 Å². The Kier molecular flexibility index (Phi) is 3.47. The second-order valence-electron chi connectivity index (χ2n) is 6.92. The first-order valence-electron chi connectivity index (χ1n) is 7.39. The Labute approximate surface area is 133 Å². The SMILES string of the molecule is CC12CCC(C/C1=N/OC(=O)c1ccc(Br)cc1)C2(C)C. The number of nitrogens with zero attached hydrogens (tertiary/aromatic N) is 1. The Balaban J connectivity index is 1.76. The van der Waals surface area contributed by atoms with Crippen LogP contribution in [0.2, 0.25) is 0 Å². The smallest absolute Gasteiger partial charge is 0.313 e. The average molecular weight is 350 g/mol. The molecule has 0 aliphatic heterocycles. The quantitative estimate of drug-likeness (QED) is 0.567. The fourth-order valence-electron chi connectivity index (χ4n) is 3.80. The van der Waals surface area contributed by atoms with Crippen molar-refractivity contribution in [1.82, 2.24) is 0 Å². The summed E-state index contributed by atoms with van der Waals surface area (Å²) in [5, 5.41) is 4.23. The van der Waals surface area contributed by atoms with E-state index in [1.807, 2.05) is 12.1 Å². The lowest BCUT2D eigenvalue weighted by atomic mass is 9.70. The highest BCUT2D eigenvalue weighted by atomic mass is 79.9. The van der Waals surface area contributed by atoms with Crippen LogP contribution in [0, 0.1) is 16.7 Å². The van der Waals surface area contributed by atoms with Crippen molar-refractivity contribution in [3.63, 3.8) is 0 Å². The molecule has 0 saturated heterocycles. The molecule has 3 rings (SSSR count). The van der Waals surface area contributed by atoms with E-state index >= 15 is 0 Å². The van der Waals surface area contributed by atoms with Gasteiger partial charge < -0.3 is 4.84 Å². The standard InChI is InChI=1S/C17H20BrNO2/c1-16(2)12-8-9-17(16,3)14(10-12)19-21-15(20)11-4-6-13(18)7-5-11/h4-7,12H,8-10H2,1-3H3/b19-14-. The third-order valence-electron chi connectivity index (χ3n) is 5.83. The summed E-state index contributed by atoms with van der Waals surface area (Å²) in [7, 11) is 0. The first kappa shape index (κ1) is 14.8. The molecular weight excluding hydrogens is 330 g/mol. The third kappa shape index (κ3) is 2.24. The molecular formula is C17H20BrNO2. The molecule has 1 aromatic rings. The van der Waals surface area contributed by atoms with Crippen molar-refractivity contribution in [1.29, 1.82) is 0 Å². The third-order valence-corrected chi connectivity index (χ3v) is 6.36. The van der Waals surface area contributed by atoms with Gasteiger partial charge >= 0.3 is 5.97 Å². The van der Waals surface area contributed by atoms with E-state index in [2.05, 4.69) is 41.9 Å². The van der Waals surface area contributed by atoms with Gasteiger partial charge in [-0.3, -0.25) is 0 Å².